The van der Waals surface area contributed by atoms with E-state index in [1.54, 1.807) is 0 Å². The Labute approximate surface area is 109 Å². The Bertz CT molecular complexity index is 328. The third kappa shape index (κ3) is 4.67. The zero-order valence-corrected chi connectivity index (χ0v) is 12.1. The summed E-state index contributed by atoms with van der Waals surface area (Å²) in [6, 6.07) is 0. The molecule has 0 radical (unpaired) electrons. The van der Waals surface area contributed by atoms with E-state index in [4.69, 9.17) is 4.74 Å². The molecule has 0 aromatic rings. The predicted octanol–water partition coefficient (Wildman–Crippen LogP) is 2.91. The minimum Gasteiger partial charge on any atom is -0.444 e. The molecule has 1 N–H and O–H groups in total. The molecule has 1 fully saturated rings. The van der Waals surface area contributed by atoms with E-state index in [-0.39, 0.29) is 11.3 Å². The second kappa shape index (κ2) is 5.29. The SMILES string of the molecule is CC(C)(C)OC(=O)NCC1CC(=O)CCC1(C)C. The first-order valence-electron chi connectivity index (χ1n) is 6.59. The first kappa shape index (κ1) is 15.0. The van der Waals surface area contributed by atoms with Gasteiger partial charge < -0.3 is 10.1 Å². The Morgan fingerprint density at radius 3 is 2.61 bits per heavy atom. The summed E-state index contributed by atoms with van der Waals surface area (Å²) in [7, 11) is 0. The van der Waals surface area contributed by atoms with Gasteiger partial charge in [0.05, 0.1) is 0 Å². The van der Waals surface area contributed by atoms with E-state index in [2.05, 4.69) is 19.2 Å². The van der Waals surface area contributed by atoms with Crippen LogP contribution in [0.5, 0.6) is 0 Å². The van der Waals surface area contributed by atoms with E-state index in [1.165, 1.54) is 0 Å². The van der Waals surface area contributed by atoms with Gasteiger partial charge in [0.1, 0.15) is 11.4 Å². The second-order valence-corrected chi connectivity index (χ2v) is 6.81. The molecule has 1 aliphatic rings. The van der Waals surface area contributed by atoms with Gasteiger partial charge in [0.15, 0.2) is 0 Å². The van der Waals surface area contributed by atoms with Crippen molar-refractivity contribution in [2.75, 3.05) is 6.54 Å². The van der Waals surface area contributed by atoms with Crippen LogP contribution in [0.25, 0.3) is 0 Å². The van der Waals surface area contributed by atoms with Gasteiger partial charge in [-0.05, 0) is 38.5 Å². The van der Waals surface area contributed by atoms with Gasteiger partial charge in [-0.1, -0.05) is 13.8 Å². The molecule has 1 unspecified atom stereocenters. The summed E-state index contributed by atoms with van der Waals surface area (Å²) in [6.07, 6.45) is 1.71. The monoisotopic (exact) mass is 255 g/mol. The van der Waals surface area contributed by atoms with Crippen LogP contribution in [0.4, 0.5) is 4.79 Å². The van der Waals surface area contributed by atoms with Gasteiger partial charge in [-0.15, -0.1) is 0 Å². The lowest BCUT2D eigenvalue weighted by Crippen LogP contribution is -2.42. The van der Waals surface area contributed by atoms with Crippen LogP contribution in [0.3, 0.4) is 0 Å². The fraction of sp³-hybridized carbons (Fsp3) is 0.857. The van der Waals surface area contributed by atoms with Gasteiger partial charge in [-0.2, -0.15) is 0 Å². The van der Waals surface area contributed by atoms with Gasteiger partial charge in [0.25, 0.3) is 0 Å². The molecule has 0 heterocycles. The Kier molecular flexibility index (Phi) is 4.41. The van der Waals surface area contributed by atoms with Crippen LogP contribution in [0.1, 0.15) is 53.9 Å². The van der Waals surface area contributed by atoms with E-state index in [0.717, 1.165) is 6.42 Å². The number of rotatable bonds is 2. The van der Waals surface area contributed by atoms with Crippen molar-refractivity contribution in [1.29, 1.82) is 0 Å². The van der Waals surface area contributed by atoms with Crippen molar-refractivity contribution < 1.29 is 14.3 Å². The van der Waals surface area contributed by atoms with E-state index in [9.17, 15) is 9.59 Å². The number of hydrogen-bond donors (Lipinski definition) is 1. The van der Waals surface area contributed by atoms with Crippen LogP contribution < -0.4 is 5.32 Å². The Morgan fingerprint density at radius 1 is 1.44 bits per heavy atom. The number of nitrogens with one attached hydrogen (secondary N) is 1. The molecular formula is C14H25NO3. The first-order valence-corrected chi connectivity index (χ1v) is 6.59. The maximum absolute atomic E-state index is 11.6. The highest BCUT2D eigenvalue weighted by Gasteiger charge is 2.35. The predicted molar refractivity (Wildman–Crippen MR) is 70.4 cm³/mol. The molecule has 0 aromatic heterocycles. The van der Waals surface area contributed by atoms with Crippen molar-refractivity contribution in [2.24, 2.45) is 11.3 Å². The number of alkyl carbamates (subject to hydrolysis) is 1. The molecule has 1 aliphatic carbocycles. The van der Waals surface area contributed by atoms with Crippen LogP contribution in [0, 0.1) is 11.3 Å². The Hall–Kier alpha value is -1.06. The summed E-state index contributed by atoms with van der Waals surface area (Å²) in [4.78, 5) is 23.1. The fourth-order valence-corrected chi connectivity index (χ4v) is 2.19. The molecule has 1 amide bonds. The number of carbonyl (C=O) groups is 2. The maximum Gasteiger partial charge on any atom is 0.407 e. The number of hydrogen-bond acceptors (Lipinski definition) is 3. The third-order valence-corrected chi connectivity index (χ3v) is 3.52. The normalized spacial score (nSPS) is 23.6. The summed E-state index contributed by atoms with van der Waals surface area (Å²) in [5.74, 6) is 0.497. The molecule has 104 valence electrons. The van der Waals surface area contributed by atoms with Gasteiger partial charge in [0.2, 0.25) is 0 Å². The molecule has 4 nitrogen and oxygen atoms in total. The highest BCUT2D eigenvalue weighted by Crippen LogP contribution is 2.38. The first-order chi connectivity index (χ1) is 8.10. The standard InChI is InChI=1S/C14H25NO3/c1-13(2,3)18-12(17)15-9-10-8-11(16)6-7-14(10,4)5/h10H,6-9H2,1-5H3,(H,15,17). The molecule has 0 spiro atoms. The van der Waals surface area contributed by atoms with Gasteiger partial charge in [-0.25, -0.2) is 4.79 Å². The van der Waals surface area contributed by atoms with Crippen molar-refractivity contribution >= 4 is 11.9 Å². The van der Waals surface area contributed by atoms with E-state index in [1.807, 2.05) is 20.8 Å². The van der Waals surface area contributed by atoms with Gasteiger partial charge >= 0.3 is 6.09 Å². The average molecular weight is 255 g/mol. The molecule has 0 aliphatic heterocycles. The van der Waals surface area contributed by atoms with Crippen molar-refractivity contribution in [1.82, 2.24) is 5.32 Å². The fourth-order valence-electron chi connectivity index (χ4n) is 2.19. The second-order valence-electron chi connectivity index (χ2n) is 6.81. The highest BCUT2D eigenvalue weighted by atomic mass is 16.6. The van der Waals surface area contributed by atoms with Gasteiger partial charge in [0, 0.05) is 19.4 Å². The highest BCUT2D eigenvalue weighted by molar-refractivity contribution is 5.79. The summed E-state index contributed by atoms with van der Waals surface area (Å²) >= 11 is 0. The number of Topliss-reactive ketones (excluding diaryl/α,β-unsaturated/α-hetero) is 1. The number of amides is 1. The molecular weight excluding hydrogens is 230 g/mol. The van der Waals surface area contributed by atoms with Crippen molar-refractivity contribution in [3.05, 3.63) is 0 Å². The lowest BCUT2D eigenvalue weighted by atomic mass is 9.68. The van der Waals surface area contributed by atoms with E-state index >= 15 is 0 Å². The summed E-state index contributed by atoms with van der Waals surface area (Å²) in [6.45, 7) is 10.3. The lowest BCUT2D eigenvalue weighted by molar-refractivity contribution is -0.124. The van der Waals surface area contributed by atoms with Crippen molar-refractivity contribution in [2.45, 2.75) is 59.5 Å². The minimum absolute atomic E-state index is 0.100. The average Bonchev–Trinajstić information content (AvgIpc) is 2.17. The number of carbonyl (C=O) groups excluding carboxylic acids is 2. The molecule has 1 rings (SSSR count). The van der Waals surface area contributed by atoms with Crippen LogP contribution in [0.2, 0.25) is 0 Å². The zero-order chi connectivity index (χ0) is 14.0. The summed E-state index contributed by atoms with van der Waals surface area (Å²) in [5, 5.41) is 2.77. The quantitative estimate of drug-likeness (QED) is 0.825. The topological polar surface area (TPSA) is 55.4 Å². The van der Waals surface area contributed by atoms with Crippen LogP contribution in [0.15, 0.2) is 0 Å². The summed E-state index contributed by atoms with van der Waals surface area (Å²) in [5.41, 5.74) is -0.384. The Morgan fingerprint density at radius 2 is 2.06 bits per heavy atom. The molecule has 4 heteroatoms. The Balaban J connectivity index is 2.46. The van der Waals surface area contributed by atoms with Crippen molar-refractivity contribution in [3.63, 3.8) is 0 Å². The molecule has 0 bridgehead atoms. The zero-order valence-electron chi connectivity index (χ0n) is 12.1. The van der Waals surface area contributed by atoms with E-state index in [0.29, 0.717) is 25.2 Å². The molecule has 0 aromatic carbocycles. The van der Waals surface area contributed by atoms with Crippen LogP contribution in [-0.2, 0) is 9.53 Å². The maximum atomic E-state index is 11.6. The third-order valence-electron chi connectivity index (χ3n) is 3.52. The molecule has 0 saturated heterocycles. The number of ketones is 1. The van der Waals surface area contributed by atoms with E-state index < -0.39 is 11.7 Å². The number of ether oxygens (including phenoxy) is 1. The lowest BCUT2D eigenvalue weighted by Gasteiger charge is -2.38. The van der Waals surface area contributed by atoms with Crippen molar-refractivity contribution in [3.8, 4) is 0 Å². The summed E-state index contributed by atoms with van der Waals surface area (Å²) < 4.78 is 5.19. The largest absolute Gasteiger partial charge is 0.444 e. The van der Waals surface area contributed by atoms with Crippen LogP contribution >= 0.6 is 0 Å². The smallest absolute Gasteiger partial charge is 0.407 e. The molecule has 18 heavy (non-hydrogen) atoms. The molecule has 1 atom stereocenters. The minimum atomic E-state index is -0.484. The van der Waals surface area contributed by atoms with Gasteiger partial charge in [-0.3, -0.25) is 4.79 Å². The molecule has 1 saturated carbocycles. The van der Waals surface area contributed by atoms with Crippen LogP contribution in [-0.4, -0.2) is 24.0 Å².